The number of furan rings is 1. The molecule has 29 heavy (non-hydrogen) atoms. The van der Waals surface area contributed by atoms with Gasteiger partial charge in [-0.05, 0) is 48.0 Å². The summed E-state index contributed by atoms with van der Waals surface area (Å²) in [6.45, 7) is 0. The normalized spacial score (nSPS) is 10.9. The lowest BCUT2D eigenvalue weighted by atomic mass is 10.0. The first kappa shape index (κ1) is 18.6. The quantitative estimate of drug-likeness (QED) is 0.488. The third-order valence-corrected chi connectivity index (χ3v) is 4.84. The second-order valence-electron chi connectivity index (χ2n) is 6.61. The Morgan fingerprint density at radius 1 is 0.966 bits per heavy atom. The van der Waals surface area contributed by atoms with E-state index in [0.29, 0.717) is 22.3 Å². The minimum atomic E-state index is -0.401. The van der Waals surface area contributed by atoms with Crippen LogP contribution in [-0.4, -0.2) is 24.8 Å². The van der Waals surface area contributed by atoms with Crippen molar-refractivity contribution in [1.29, 1.82) is 0 Å². The molecule has 146 valence electrons. The number of pyridine rings is 1. The zero-order valence-electron chi connectivity index (χ0n) is 16.3. The first-order chi connectivity index (χ1) is 14.0. The van der Waals surface area contributed by atoms with Gasteiger partial charge in [-0.25, -0.2) is 4.79 Å². The summed E-state index contributed by atoms with van der Waals surface area (Å²) in [7, 11) is 4.65. The Bertz CT molecular complexity index is 1250. The van der Waals surface area contributed by atoms with Gasteiger partial charge in [-0.1, -0.05) is 12.1 Å². The van der Waals surface area contributed by atoms with E-state index >= 15 is 0 Å². The number of fused-ring (bicyclic) bond motifs is 1. The number of benzene rings is 2. The molecule has 0 amide bonds. The number of hydrogen-bond donors (Lipinski definition) is 0. The van der Waals surface area contributed by atoms with Crippen LogP contribution in [0.15, 0.2) is 70.0 Å². The lowest BCUT2D eigenvalue weighted by molar-refractivity contribution is 0.0601. The third kappa shape index (κ3) is 3.29. The van der Waals surface area contributed by atoms with Gasteiger partial charge >= 0.3 is 5.97 Å². The molecule has 4 rings (SSSR count). The number of aromatic nitrogens is 1. The summed E-state index contributed by atoms with van der Waals surface area (Å²) in [6.07, 6.45) is 1.74. The predicted molar refractivity (Wildman–Crippen MR) is 110 cm³/mol. The largest absolute Gasteiger partial charge is 0.497 e. The lowest BCUT2D eigenvalue weighted by Gasteiger charge is -2.07. The molecule has 6 heteroatoms. The Morgan fingerprint density at radius 3 is 2.24 bits per heavy atom. The summed E-state index contributed by atoms with van der Waals surface area (Å²) >= 11 is 0. The van der Waals surface area contributed by atoms with Crippen LogP contribution >= 0.6 is 0 Å². The molecule has 0 aliphatic heterocycles. The van der Waals surface area contributed by atoms with E-state index in [4.69, 9.17) is 13.9 Å². The Labute approximate surface area is 166 Å². The molecule has 0 spiro atoms. The van der Waals surface area contributed by atoms with E-state index in [-0.39, 0.29) is 5.56 Å². The fourth-order valence-electron chi connectivity index (χ4n) is 3.26. The first-order valence-electron chi connectivity index (χ1n) is 8.98. The highest BCUT2D eigenvalue weighted by Crippen LogP contribution is 2.33. The van der Waals surface area contributed by atoms with Crippen molar-refractivity contribution in [1.82, 2.24) is 4.57 Å². The summed E-state index contributed by atoms with van der Waals surface area (Å²) in [5, 5.41) is 0.493. The maximum atomic E-state index is 12.7. The van der Waals surface area contributed by atoms with E-state index in [2.05, 4.69) is 0 Å². The fourth-order valence-corrected chi connectivity index (χ4v) is 3.26. The van der Waals surface area contributed by atoms with Gasteiger partial charge in [0.2, 0.25) is 0 Å². The lowest BCUT2D eigenvalue weighted by Crippen LogP contribution is -2.15. The summed E-state index contributed by atoms with van der Waals surface area (Å²) in [5.41, 5.74) is 3.25. The summed E-state index contributed by atoms with van der Waals surface area (Å²) in [5.74, 6) is 0.937. The topological polar surface area (TPSA) is 70.7 Å². The third-order valence-electron chi connectivity index (χ3n) is 4.84. The van der Waals surface area contributed by atoms with Crippen molar-refractivity contribution < 1.29 is 18.7 Å². The number of hydrogen-bond acceptors (Lipinski definition) is 5. The van der Waals surface area contributed by atoms with Gasteiger partial charge in [0, 0.05) is 24.4 Å². The molecule has 6 nitrogen and oxygen atoms in total. The predicted octanol–water partition coefficient (Wildman–Crippen LogP) is 4.26. The zero-order valence-corrected chi connectivity index (χ0v) is 16.3. The molecule has 0 N–H and O–H groups in total. The van der Waals surface area contributed by atoms with E-state index in [1.54, 1.807) is 50.7 Å². The summed E-state index contributed by atoms with van der Waals surface area (Å²) in [4.78, 5) is 24.3. The van der Waals surface area contributed by atoms with Gasteiger partial charge in [-0.15, -0.1) is 0 Å². The molecule has 0 radical (unpaired) electrons. The van der Waals surface area contributed by atoms with E-state index in [9.17, 15) is 9.59 Å². The Kier molecular flexibility index (Phi) is 4.68. The van der Waals surface area contributed by atoms with Gasteiger partial charge < -0.3 is 18.5 Å². The van der Waals surface area contributed by atoms with Crippen molar-refractivity contribution in [2.45, 2.75) is 0 Å². The molecule has 0 bridgehead atoms. The van der Waals surface area contributed by atoms with Crippen LogP contribution in [0.3, 0.4) is 0 Å². The second kappa shape index (κ2) is 7.31. The monoisotopic (exact) mass is 389 g/mol. The zero-order chi connectivity index (χ0) is 20.5. The van der Waals surface area contributed by atoms with Gasteiger partial charge in [0.25, 0.3) is 5.56 Å². The molecule has 0 saturated heterocycles. The van der Waals surface area contributed by atoms with Crippen molar-refractivity contribution in [2.24, 2.45) is 7.05 Å². The average molecular weight is 389 g/mol. The number of aryl methyl sites for hydroxylation is 1. The number of nitrogens with zero attached hydrogens (tertiary/aromatic N) is 1. The molecule has 0 atom stereocenters. The van der Waals surface area contributed by atoms with Crippen molar-refractivity contribution >= 4 is 16.9 Å². The maximum absolute atomic E-state index is 12.7. The van der Waals surface area contributed by atoms with Gasteiger partial charge in [0.05, 0.1) is 25.2 Å². The van der Waals surface area contributed by atoms with Crippen LogP contribution in [0.25, 0.3) is 33.4 Å². The highest BCUT2D eigenvalue weighted by atomic mass is 16.5. The van der Waals surface area contributed by atoms with Gasteiger partial charge in [-0.3, -0.25) is 4.79 Å². The number of carbonyl (C=O) groups excluding carboxylic acids is 1. The maximum Gasteiger partial charge on any atom is 0.337 e. The molecule has 0 unspecified atom stereocenters. The molecule has 0 aliphatic rings. The fraction of sp³-hybridized carbons (Fsp3) is 0.130. The molecular formula is C23H19NO5. The molecule has 2 aromatic heterocycles. The van der Waals surface area contributed by atoms with Gasteiger partial charge in [0.1, 0.15) is 17.1 Å². The molecule has 0 fully saturated rings. The Hall–Kier alpha value is -3.80. The van der Waals surface area contributed by atoms with Gasteiger partial charge in [-0.2, -0.15) is 0 Å². The smallest absolute Gasteiger partial charge is 0.337 e. The molecular weight excluding hydrogens is 370 g/mol. The molecule has 0 aliphatic carbocycles. The van der Waals surface area contributed by atoms with Crippen LogP contribution in [0.5, 0.6) is 5.75 Å². The van der Waals surface area contributed by atoms with Crippen LogP contribution in [0.4, 0.5) is 0 Å². The van der Waals surface area contributed by atoms with Crippen LogP contribution < -0.4 is 10.3 Å². The Balaban J connectivity index is 1.86. The van der Waals surface area contributed by atoms with Crippen molar-refractivity contribution in [2.75, 3.05) is 14.2 Å². The SMILES string of the molecule is COC(=O)c1ccc(-c2cn(C)c(=O)c3cc(-c4ccc(OC)cc4)oc23)cc1. The average Bonchev–Trinajstić information content (AvgIpc) is 3.21. The minimum absolute atomic E-state index is 0.140. The number of carbonyl (C=O) groups is 1. The van der Waals surface area contributed by atoms with Crippen molar-refractivity contribution in [3.05, 3.63) is 76.7 Å². The minimum Gasteiger partial charge on any atom is -0.497 e. The van der Waals surface area contributed by atoms with E-state index in [1.165, 1.54) is 11.7 Å². The Morgan fingerprint density at radius 2 is 1.62 bits per heavy atom. The van der Waals surface area contributed by atoms with E-state index in [0.717, 1.165) is 22.4 Å². The molecule has 2 heterocycles. The number of ether oxygens (including phenoxy) is 2. The van der Waals surface area contributed by atoms with E-state index < -0.39 is 5.97 Å². The number of esters is 1. The van der Waals surface area contributed by atoms with Crippen LogP contribution in [0.2, 0.25) is 0 Å². The van der Waals surface area contributed by atoms with Crippen molar-refractivity contribution in [3.63, 3.8) is 0 Å². The van der Waals surface area contributed by atoms with Crippen LogP contribution in [0, 0.1) is 0 Å². The van der Waals surface area contributed by atoms with E-state index in [1.807, 2.05) is 24.3 Å². The highest BCUT2D eigenvalue weighted by molar-refractivity contribution is 5.95. The first-order valence-corrected chi connectivity index (χ1v) is 8.98. The second-order valence-corrected chi connectivity index (χ2v) is 6.61. The van der Waals surface area contributed by atoms with Crippen molar-refractivity contribution in [3.8, 4) is 28.2 Å². The van der Waals surface area contributed by atoms with Crippen LogP contribution in [0.1, 0.15) is 10.4 Å². The summed E-state index contributed by atoms with van der Waals surface area (Å²) < 4.78 is 17.6. The molecule has 4 aromatic rings. The molecule has 0 saturated carbocycles. The standard InChI is InChI=1S/C23H19NO5/c1-24-13-19(14-4-6-16(7-5-14)23(26)28-3)21-18(22(24)25)12-20(29-21)15-8-10-17(27-2)11-9-15/h4-13H,1-3H3. The number of methoxy groups -OCH3 is 2. The van der Waals surface area contributed by atoms with Gasteiger partial charge in [0.15, 0.2) is 0 Å². The highest BCUT2D eigenvalue weighted by Gasteiger charge is 2.16. The van der Waals surface area contributed by atoms with Crippen LogP contribution in [-0.2, 0) is 11.8 Å². The number of rotatable bonds is 4. The summed E-state index contributed by atoms with van der Waals surface area (Å²) in [6, 6.07) is 16.2. The molecule has 2 aromatic carbocycles.